The topological polar surface area (TPSA) is 46.5 Å². The zero-order chi connectivity index (χ0) is 20.8. The first-order valence-corrected chi connectivity index (χ1v) is 11.5. The number of H-pyrrole nitrogens is 1. The molecule has 0 amide bonds. The molecule has 0 bridgehead atoms. The summed E-state index contributed by atoms with van der Waals surface area (Å²) in [7, 11) is 0. The van der Waals surface area contributed by atoms with Gasteiger partial charge in [-0.3, -0.25) is 4.68 Å². The smallest absolute Gasteiger partial charge is 0.166 e. The molecule has 0 saturated carbocycles. The molecule has 30 heavy (non-hydrogen) atoms. The van der Waals surface area contributed by atoms with Gasteiger partial charge in [0.25, 0.3) is 0 Å². The summed E-state index contributed by atoms with van der Waals surface area (Å²) in [5, 5.41) is 5.53. The second kappa shape index (κ2) is 9.81. The van der Waals surface area contributed by atoms with Gasteiger partial charge in [-0.15, -0.1) is 0 Å². The number of benzene rings is 2. The highest BCUT2D eigenvalue weighted by molar-refractivity contribution is 7.99. The monoisotopic (exact) mass is 416 g/mol. The van der Waals surface area contributed by atoms with Gasteiger partial charge in [0, 0.05) is 29.1 Å². The van der Waals surface area contributed by atoms with Crippen LogP contribution in [-0.4, -0.2) is 25.5 Å². The van der Waals surface area contributed by atoms with Crippen molar-refractivity contribution < 1.29 is 0 Å². The van der Waals surface area contributed by atoms with Crippen LogP contribution in [-0.2, 0) is 6.54 Å². The molecule has 0 spiro atoms. The summed E-state index contributed by atoms with van der Waals surface area (Å²) in [5.74, 6) is 1.06. The van der Waals surface area contributed by atoms with E-state index in [2.05, 4.69) is 83.2 Å². The number of thioether (sulfide) groups is 1. The lowest BCUT2D eigenvalue weighted by Crippen LogP contribution is -2.02. The molecular weight excluding hydrogens is 388 g/mol. The Hall–Kier alpha value is -2.79. The van der Waals surface area contributed by atoms with Crippen molar-refractivity contribution in [3.63, 3.8) is 0 Å². The van der Waals surface area contributed by atoms with Crippen molar-refractivity contribution in [2.24, 2.45) is 0 Å². The molecule has 2 aromatic heterocycles. The molecule has 154 valence electrons. The van der Waals surface area contributed by atoms with Crippen LogP contribution in [0.15, 0.2) is 71.9 Å². The first kappa shape index (κ1) is 20.5. The van der Waals surface area contributed by atoms with Crippen LogP contribution in [0.2, 0.25) is 0 Å². The Morgan fingerprint density at radius 3 is 2.23 bits per heavy atom. The molecule has 0 aliphatic heterocycles. The molecule has 0 fully saturated rings. The quantitative estimate of drug-likeness (QED) is 0.249. The Bertz CT molecular complexity index is 1010. The Kier molecular flexibility index (Phi) is 6.70. The van der Waals surface area contributed by atoms with Gasteiger partial charge in [-0.1, -0.05) is 78.8 Å². The summed E-state index contributed by atoms with van der Waals surface area (Å²) in [6.07, 6.45) is 3.53. The number of nitrogens with one attached hydrogen (secondary N) is 1. The average molecular weight is 417 g/mol. The summed E-state index contributed by atoms with van der Waals surface area (Å²) >= 11 is 1.81. The molecule has 0 aliphatic rings. The number of aryl methyl sites for hydroxylation is 3. The third kappa shape index (κ3) is 5.03. The lowest BCUT2D eigenvalue weighted by molar-refractivity contribution is 0.541. The first-order valence-electron chi connectivity index (χ1n) is 10.6. The summed E-state index contributed by atoms with van der Waals surface area (Å²) in [6, 6.07) is 23.0. The zero-order valence-electron chi connectivity index (χ0n) is 17.6. The van der Waals surface area contributed by atoms with Crippen LogP contribution in [0.1, 0.15) is 30.7 Å². The molecule has 4 rings (SSSR count). The summed E-state index contributed by atoms with van der Waals surface area (Å²) in [6.45, 7) is 5.18. The number of unbranched alkanes of at least 4 members (excludes halogenated alkanes) is 2. The van der Waals surface area contributed by atoms with Gasteiger partial charge in [0.2, 0.25) is 0 Å². The van der Waals surface area contributed by atoms with Crippen molar-refractivity contribution in [2.45, 2.75) is 44.8 Å². The Balaban J connectivity index is 1.36. The molecule has 4 nitrogen and oxygen atoms in total. The van der Waals surface area contributed by atoms with Gasteiger partial charge in [-0.05, 0) is 32.8 Å². The molecule has 2 aromatic carbocycles. The predicted octanol–water partition coefficient (Wildman–Crippen LogP) is 6.52. The summed E-state index contributed by atoms with van der Waals surface area (Å²) in [5.41, 5.74) is 6.77. The van der Waals surface area contributed by atoms with Gasteiger partial charge in [-0.25, -0.2) is 4.98 Å². The molecule has 1 N–H and O–H groups in total. The minimum atomic E-state index is 0.992. The standard InChI is InChI=1S/C25H28N4S/c1-19-18-20(2)29(28-19)16-10-5-11-17-30-25-26-23(21-12-6-3-7-13-21)24(27-25)22-14-8-4-9-15-22/h3-4,6-9,12-15,18H,5,10-11,16-17H2,1-2H3,(H,26,27). The van der Waals surface area contributed by atoms with Crippen molar-refractivity contribution >= 4 is 11.8 Å². The van der Waals surface area contributed by atoms with Crippen LogP contribution in [0, 0.1) is 13.8 Å². The summed E-state index contributed by atoms with van der Waals surface area (Å²) in [4.78, 5) is 8.49. The van der Waals surface area contributed by atoms with Crippen LogP contribution in [0.25, 0.3) is 22.5 Å². The Labute approximate surface area is 182 Å². The number of hydrogen-bond acceptors (Lipinski definition) is 3. The SMILES string of the molecule is Cc1cc(C)n(CCCCCSc2nc(-c3ccccc3)c(-c3ccccc3)[nH]2)n1. The van der Waals surface area contributed by atoms with Crippen molar-refractivity contribution in [3.05, 3.63) is 78.1 Å². The van der Waals surface area contributed by atoms with Crippen LogP contribution in [0.5, 0.6) is 0 Å². The second-order valence-corrected chi connectivity index (χ2v) is 8.64. The van der Waals surface area contributed by atoms with E-state index in [-0.39, 0.29) is 0 Å². The predicted molar refractivity (Wildman–Crippen MR) is 126 cm³/mol. The number of rotatable bonds is 9. The maximum atomic E-state index is 4.93. The number of nitrogens with zero attached hydrogens (tertiary/aromatic N) is 3. The zero-order valence-corrected chi connectivity index (χ0v) is 18.5. The van der Waals surface area contributed by atoms with E-state index >= 15 is 0 Å². The molecule has 0 aliphatic carbocycles. The molecule has 0 saturated heterocycles. The van der Waals surface area contributed by atoms with Crippen LogP contribution in [0.4, 0.5) is 0 Å². The molecule has 0 atom stereocenters. The maximum absolute atomic E-state index is 4.93. The minimum Gasteiger partial charge on any atom is -0.332 e. The van der Waals surface area contributed by atoms with Crippen molar-refractivity contribution in [1.29, 1.82) is 0 Å². The number of aromatic amines is 1. The third-order valence-corrected chi connectivity index (χ3v) is 6.11. The fourth-order valence-electron chi connectivity index (χ4n) is 3.65. The van der Waals surface area contributed by atoms with Crippen LogP contribution >= 0.6 is 11.8 Å². The van der Waals surface area contributed by atoms with E-state index in [4.69, 9.17) is 4.98 Å². The highest BCUT2D eigenvalue weighted by Gasteiger charge is 2.14. The number of imidazole rings is 1. The van der Waals surface area contributed by atoms with Gasteiger partial charge in [0.05, 0.1) is 17.1 Å². The van der Waals surface area contributed by atoms with Gasteiger partial charge >= 0.3 is 0 Å². The second-order valence-electron chi connectivity index (χ2n) is 7.56. The van der Waals surface area contributed by atoms with Gasteiger partial charge in [0.15, 0.2) is 5.16 Å². The Morgan fingerprint density at radius 1 is 0.867 bits per heavy atom. The summed E-state index contributed by atoms with van der Waals surface area (Å²) < 4.78 is 2.12. The van der Waals surface area contributed by atoms with E-state index < -0.39 is 0 Å². The lowest BCUT2D eigenvalue weighted by Gasteiger charge is -2.04. The van der Waals surface area contributed by atoms with Gasteiger partial charge in [-0.2, -0.15) is 5.10 Å². The van der Waals surface area contributed by atoms with Crippen molar-refractivity contribution in [1.82, 2.24) is 19.7 Å². The highest BCUT2D eigenvalue weighted by atomic mass is 32.2. The molecule has 4 aromatic rings. The lowest BCUT2D eigenvalue weighted by atomic mass is 10.1. The molecule has 0 unspecified atom stereocenters. The molecular formula is C25H28N4S. The van der Waals surface area contributed by atoms with Gasteiger partial charge in [0.1, 0.15) is 0 Å². The average Bonchev–Trinajstić information content (AvgIpc) is 3.34. The molecule has 0 radical (unpaired) electrons. The number of hydrogen-bond donors (Lipinski definition) is 1. The van der Waals surface area contributed by atoms with E-state index in [0.717, 1.165) is 46.5 Å². The van der Waals surface area contributed by atoms with Crippen LogP contribution in [0.3, 0.4) is 0 Å². The van der Waals surface area contributed by atoms with E-state index in [1.54, 1.807) is 0 Å². The first-order chi connectivity index (χ1) is 14.7. The Morgan fingerprint density at radius 2 is 1.57 bits per heavy atom. The van der Waals surface area contributed by atoms with E-state index in [0.29, 0.717) is 0 Å². The van der Waals surface area contributed by atoms with Crippen molar-refractivity contribution in [2.75, 3.05) is 5.75 Å². The molecule has 2 heterocycles. The minimum absolute atomic E-state index is 0.992. The normalized spacial score (nSPS) is 11.1. The largest absolute Gasteiger partial charge is 0.332 e. The molecule has 5 heteroatoms. The fraction of sp³-hybridized carbons (Fsp3) is 0.280. The van der Waals surface area contributed by atoms with Crippen LogP contribution < -0.4 is 0 Å². The number of aromatic nitrogens is 4. The van der Waals surface area contributed by atoms with Gasteiger partial charge < -0.3 is 4.98 Å². The van der Waals surface area contributed by atoms with E-state index in [9.17, 15) is 0 Å². The van der Waals surface area contributed by atoms with Crippen molar-refractivity contribution in [3.8, 4) is 22.5 Å². The van der Waals surface area contributed by atoms with E-state index in [1.165, 1.54) is 24.1 Å². The highest BCUT2D eigenvalue weighted by Crippen LogP contribution is 2.32. The maximum Gasteiger partial charge on any atom is 0.166 e. The fourth-order valence-corrected chi connectivity index (χ4v) is 4.52. The third-order valence-electron chi connectivity index (χ3n) is 5.15. The van der Waals surface area contributed by atoms with E-state index in [1.807, 2.05) is 23.9 Å².